The molecule has 0 aliphatic rings. The van der Waals surface area contributed by atoms with Gasteiger partial charge in [-0.3, -0.25) is 0 Å². The highest BCUT2D eigenvalue weighted by Crippen LogP contribution is 2.58. The van der Waals surface area contributed by atoms with E-state index >= 15 is 0 Å². The van der Waals surface area contributed by atoms with Crippen LogP contribution in [-0.2, 0) is 4.52 Å². The molecule has 4 heteroatoms. The van der Waals surface area contributed by atoms with Gasteiger partial charge in [-0.2, -0.15) is 0 Å². The van der Waals surface area contributed by atoms with Gasteiger partial charge in [-0.1, -0.05) is 66.2 Å². The molecule has 120 valence electrons. The summed E-state index contributed by atoms with van der Waals surface area (Å²) in [5.41, 5.74) is 1.27. The van der Waals surface area contributed by atoms with Gasteiger partial charge in [-0.15, -0.1) is 0 Å². The molecule has 0 aliphatic carbocycles. The van der Waals surface area contributed by atoms with Gasteiger partial charge in [0.25, 0.3) is 12.7 Å². The summed E-state index contributed by atoms with van der Waals surface area (Å²) in [6.45, 7) is 0. The van der Waals surface area contributed by atoms with Crippen molar-refractivity contribution < 1.29 is 4.52 Å². The summed E-state index contributed by atoms with van der Waals surface area (Å²) in [4.78, 5) is 0. The summed E-state index contributed by atoms with van der Waals surface area (Å²) in [7, 11) is -2.41. The number of hydrogen-bond acceptors (Lipinski definition) is 1. The molecule has 0 saturated carbocycles. The lowest BCUT2D eigenvalue weighted by Gasteiger charge is -2.25. The first kappa shape index (κ1) is 17.0. The van der Waals surface area contributed by atoms with Crippen LogP contribution in [0.2, 0.25) is 0 Å². The van der Waals surface area contributed by atoms with Crippen molar-refractivity contribution in [1.29, 1.82) is 0 Å². The quantitative estimate of drug-likeness (QED) is 0.441. The van der Waals surface area contributed by atoms with Crippen LogP contribution in [-0.4, -0.2) is 0 Å². The Labute approximate surface area is 152 Å². The van der Waals surface area contributed by atoms with Gasteiger partial charge in [0.15, 0.2) is 0 Å². The zero-order valence-electron chi connectivity index (χ0n) is 12.8. The molecule has 0 fully saturated rings. The van der Waals surface area contributed by atoms with Crippen LogP contribution in [0.3, 0.4) is 0 Å². The Balaban J connectivity index is 2.32. The summed E-state index contributed by atoms with van der Waals surface area (Å²) < 4.78 is 6.35. The van der Waals surface area contributed by atoms with Crippen LogP contribution in [0.1, 0.15) is 0 Å². The van der Waals surface area contributed by atoms with Gasteiger partial charge in [0.1, 0.15) is 15.9 Å². The van der Waals surface area contributed by atoms with Crippen molar-refractivity contribution in [1.82, 2.24) is 0 Å². The first-order chi connectivity index (χ1) is 11.8. The van der Waals surface area contributed by atoms with E-state index in [2.05, 4.69) is 36.4 Å². The maximum atomic E-state index is 6.35. The molecule has 0 N–H and O–H groups in total. The maximum Gasteiger partial charge on any atom is 0.288 e. The molecule has 0 saturated heterocycles. The Morgan fingerprint density at radius 3 is 1.29 bits per heavy atom. The Hall–Kier alpha value is -1.79. The van der Waals surface area contributed by atoms with E-state index in [0.29, 0.717) is 0 Å². The minimum absolute atomic E-state index is 0.182. The molecule has 0 aromatic heterocycles. The van der Waals surface area contributed by atoms with Gasteiger partial charge in [0.2, 0.25) is 0 Å². The molecule has 0 heterocycles. The van der Waals surface area contributed by atoms with Gasteiger partial charge < -0.3 is 4.52 Å². The lowest BCUT2D eigenvalue weighted by molar-refractivity contribution is 0.520. The number of halogens is 2. The van der Waals surface area contributed by atoms with Crippen molar-refractivity contribution in [3.05, 3.63) is 102 Å². The molecule has 24 heavy (non-hydrogen) atoms. The fraction of sp³-hybridized carbons (Fsp3) is 0. The fourth-order valence-corrected chi connectivity index (χ4v) is 6.39. The predicted octanol–water partition coefficient (Wildman–Crippen LogP) is 5.19. The first-order valence-corrected chi connectivity index (χ1v) is 10.0. The van der Waals surface area contributed by atoms with E-state index < -0.39 is 7.49 Å². The predicted molar refractivity (Wildman–Crippen MR) is 106 cm³/mol. The third-order valence-electron chi connectivity index (χ3n) is 3.67. The van der Waals surface area contributed by atoms with E-state index in [9.17, 15) is 0 Å². The van der Waals surface area contributed by atoms with Gasteiger partial charge in [0.05, 0.1) is 5.54 Å². The molecule has 0 unspecified atom stereocenters. The number of rotatable bonds is 5. The van der Waals surface area contributed by atoms with Crippen LogP contribution in [0.4, 0.5) is 0 Å². The van der Waals surface area contributed by atoms with Crippen LogP contribution in [0, 0.1) is 0 Å². The topological polar surface area (TPSA) is 9.23 Å². The molecule has 0 radical (unpaired) electrons. The Morgan fingerprint density at radius 2 is 1.00 bits per heavy atom. The summed E-state index contributed by atoms with van der Waals surface area (Å²) >= 11 is 12.1. The van der Waals surface area contributed by atoms with Gasteiger partial charge in [0, 0.05) is 0 Å². The Bertz CT molecular complexity index is 708. The fourth-order valence-electron chi connectivity index (χ4n) is 2.67. The van der Waals surface area contributed by atoms with Crippen molar-refractivity contribution in [3.63, 3.8) is 0 Å². The van der Waals surface area contributed by atoms with Crippen LogP contribution in [0.5, 0.6) is 0 Å². The summed E-state index contributed by atoms with van der Waals surface area (Å²) in [5.74, 6) is 0. The van der Waals surface area contributed by atoms with E-state index in [-0.39, 0.29) is 5.22 Å². The summed E-state index contributed by atoms with van der Waals surface area (Å²) in [6, 6.07) is 30.5. The van der Waals surface area contributed by atoms with Crippen molar-refractivity contribution in [2.75, 3.05) is 0 Å². The lowest BCUT2D eigenvalue weighted by Crippen LogP contribution is -2.32. The minimum Gasteiger partial charge on any atom is -0.321 e. The number of hydrogen-bond donors (Lipinski definition) is 0. The number of benzene rings is 3. The Kier molecular flexibility index (Phi) is 5.58. The van der Waals surface area contributed by atoms with Crippen LogP contribution >= 0.6 is 30.7 Å². The highest BCUT2D eigenvalue weighted by molar-refractivity contribution is 7.91. The second-order valence-electron chi connectivity index (χ2n) is 5.12. The molecule has 1 nitrogen and oxygen atoms in total. The van der Waals surface area contributed by atoms with Crippen molar-refractivity contribution in [2.45, 2.75) is 0 Å². The van der Waals surface area contributed by atoms with Gasteiger partial charge in [-0.05, 0) is 48.0 Å². The third-order valence-corrected chi connectivity index (χ3v) is 7.82. The van der Waals surface area contributed by atoms with Crippen LogP contribution < -0.4 is 15.9 Å². The average molecular weight is 374 g/mol. The molecule has 3 rings (SSSR count). The standard InChI is InChI=1S/C20H16Cl2OP/c21-16-20(22)23-24(17-10-4-1-5-11-17,18-12-6-2-7-13-18)19-14-8-3-9-15-19/h1-16H/q+1/b20-16+. The SMILES string of the molecule is Cl/C=C(\Cl)O[P+](c1ccccc1)(c1ccccc1)c1ccccc1. The zero-order valence-corrected chi connectivity index (χ0v) is 15.3. The van der Waals surface area contributed by atoms with Gasteiger partial charge >= 0.3 is 0 Å². The average Bonchev–Trinajstić information content (AvgIpc) is 2.68. The maximum absolute atomic E-state index is 6.35. The highest BCUT2D eigenvalue weighted by Gasteiger charge is 2.49. The van der Waals surface area contributed by atoms with Crippen molar-refractivity contribution >= 4 is 46.6 Å². The largest absolute Gasteiger partial charge is 0.321 e. The van der Waals surface area contributed by atoms with Gasteiger partial charge in [-0.25, -0.2) is 0 Å². The van der Waals surface area contributed by atoms with E-state index in [1.165, 1.54) is 5.54 Å². The minimum atomic E-state index is -2.41. The second-order valence-corrected chi connectivity index (χ2v) is 8.66. The molecule has 0 aliphatic heterocycles. The molecule has 0 bridgehead atoms. The first-order valence-electron chi connectivity index (χ1n) is 7.49. The monoisotopic (exact) mass is 373 g/mol. The van der Waals surface area contributed by atoms with E-state index in [1.807, 2.05) is 54.6 Å². The molecule has 0 atom stereocenters. The van der Waals surface area contributed by atoms with Crippen LogP contribution in [0.15, 0.2) is 102 Å². The van der Waals surface area contributed by atoms with Crippen LogP contribution in [0.25, 0.3) is 0 Å². The highest BCUT2D eigenvalue weighted by atomic mass is 35.5. The molecule has 0 spiro atoms. The Morgan fingerprint density at radius 1 is 0.667 bits per heavy atom. The van der Waals surface area contributed by atoms with E-state index in [0.717, 1.165) is 15.9 Å². The van der Waals surface area contributed by atoms with E-state index in [4.69, 9.17) is 27.7 Å². The normalized spacial score (nSPS) is 12.0. The molecular weight excluding hydrogens is 358 g/mol. The van der Waals surface area contributed by atoms with Crippen molar-refractivity contribution in [3.8, 4) is 0 Å². The molecular formula is C20H16Cl2OP+. The molecule has 3 aromatic rings. The van der Waals surface area contributed by atoms with E-state index in [1.54, 1.807) is 0 Å². The molecule has 0 amide bonds. The smallest absolute Gasteiger partial charge is 0.288 e. The summed E-state index contributed by atoms with van der Waals surface area (Å²) in [5, 5.41) is 3.43. The third kappa shape index (κ3) is 3.35. The zero-order chi connectivity index (χ0) is 16.8. The second kappa shape index (κ2) is 7.85. The molecule has 3 aromatic carbocycles. The summed E-state index contributed by atoms with van der Waals surface area (Å²) in [6.07, 6.45) is 0. The lowest BCUT2D eigenvalue weighted by atomic mass is 10.4. The van der Waals surface area contributed by atoms with Crippen molar-refractivity contribution in [2.24, 2.45) is 0 Å².